The lowest BCUT2D eigenvalue weighted by atomic mass is 9.99. The Morgan fingerprint density at radius 3 is 2.80 bits per heavy atom. The maximum atomic E-state index is 12.0. The largest absolute Gasteiger partial charge is 0.480 e. The van der Waals surface area contributed by atoms with E-state index in [1.807, 2.05) is 19.1 Å². The van der Waals surface area contributed by atoms with E-state index in [2.05, 4.69) is 19.2 Å². The van der Waals surface area contributed by atoms with E-state index in [9.17, 15) is 4.79 Å². The molecule has 0 aliphatic carbocycles. The Balaban J connectivity index is 2.27. The van der Waals surface area contributed by atoms with Gasteiger partial charge in [0.15, 0.2) is 6.10 Å². The fraction of sp³-hybridized carbons (Fsp3) is 0.562. The Kier molecular flexibility index (Phi) is 4.53. The third-order valence-corrected chi connectivity index (χ3v) is 3.77. The van der Waals surface area contributed by atoms with Crippen molar-refractivity contribution < 1.29 is 9.53 Å². The van der Waals surface area contributed by atoms with Gasteiger partial charge in [-0.15, -0.1) is 0 Å². The summed E-state index contributed by atoms with van der Waals surface area (Å²) < 4.78 is 6.01. The van der Waals surface area contributed by atoms with E-state index < -0.39 is 6.10 Å². The summed E-state index contributed by atoms with van der Waals surface area (Å²) >= 11 is 0. The van der Waals surface area contributed by atoms with Crippen LogP contribution in [0.25, 0.3) is 0 Å². The Morgan fingerprint density at radius 2 is 2.10 bits per heavy atom. The fourth-order valence-corrected chi connectivity index (χ4v) is 2.45. The van der Waals surface area contributed by atoms with Crippen molar-refractivity contribution in [2.75, 3.05) is 12.3 Å². The summed E-state index contributed by atoms with van der Waals surface area (Å²) in [5.41, 5.74) is 8.79. The van der Waals surface area contributed by atoms with Gasteiger partial charge in [0.2, 0.25) is 0 Å². The van der Waals surface area contributed by atoms with Crippen LogP contribution in [-0.4, -0.2) is 18.6 Å². The Hall–Kier alpha value is -1.71. The molecule has 1 aliphatic rings. The van der Waals surface area contributed by atoms with Crippen molar-refractivity contribution in [1.29, 1.82) is 0 Å². The van der Waals surface area contributed by atoms with Crippen molar-refractivity contribution in [2.45, 2.75) is 52.1 Å². The monoisotopic (exact) mass is 276 g/mol. The van der Waals surface area contributed by atoms with E-state index in [1.165, 1.54) is 0 Å². The van der Waals surface area contributed by atoms with E-state index in [-0.39, 0.29) is 5.91 Å². The molecule has 1 saturated heterocycles. The van der Waals surface area contributed by atoms with Gasteiger partial charge in [0.05, 0.1) is 0 Å². The number of hydrogen-bond acceptors (Lipinski definition) is 3. The van der Waals surface area contributed by atoms with Crippen LogP contribution in [0.4, 0.5) is 5.69 Å². The molecule has 0 spiro atoms. The predicted molar refractivity (Wildman–Crippen MR) is 81.0 cm³/mol. The molecule has 1 fully saturated rings. The molecule has 1 unspecified atom stereocenters. The van der Waals surface area contributed by atoms with Crippen molar-refractivity contribution in [3.05, 3.63) is 23.3 Å². The van der Waals surface area contributed by atoms with Gasteiger partial charge in [-0.25, -0.2) is 0 Å². The molecule has 4 nitrogen and oxygen atoms in total. The first kappa shape index (κ1) is 14.7. The first-order chi connectivity index (χ1) is 9.49. The topological polar surface area (TPSA) is 64.3 Å². The molecule has 2 rings (SSSR count). The first-order valence-electron chi connectivity index (χ1n) is 7.33. The molecular weight excluding hydrogens is 252 g/mol. The quantitative estimate of drug-likeness (QED) is 0.834. The lowest BCUT2D eigenvalue weighted by Crippen LogP contribution is -2.36. The zero-order chi connectivity index (χ0) is 14.7. The summed E-state index contributed by atoms with van der Waals surface area (Å²) in [6.45, 7) is 6.91. The summed E-state index contributed by atoms with van der Waals surface area (Å²) in [5.74, 6) is 1.09. The van der Waals surface area contributed by atoms with Gasteiger partial charge in [0.25, 0.3) is 5.91 Å². The minimum absolute atomic E-state index is 0.00770. The number of carbonyl (C=O) groups excluding carboxylic acids is 1. The van der Waals surface area contributed by atoms with Gasteiger partial charge < -0.3 is 15.8 Å². The minimum Gasteiger partial charge on any atom is -0.480 e. The summed E-state index contributed by atoms with van der Waals surface area (Å²) in [6.07, 6.45) is 2.41. The lowest BCUT2D eigenvalue weighted by molar-refractivity contribution is -0.127. The first-order valence-corrected chi connectivity index (χ1v) is 7.33. The molecule has 3 N–H and O–H groups in total. The molecule has 0 saturated carbocycles. The van der Waals surface area contributed by atoms with Crippen molar-refractivity contribution in [3.8, 4) is 5.75 Å². The van der Waals surface area contributed by atoms with Crippen molar-refractivity contribution in [1.82, 2.24) is 5.32 Å². The summed E-state index contributed by atoms with van der Waals surface area (Å²) in [7, 11) is 0. The second-order valence-electron chi connectivity index (χ2n) is 5.79. The number of anilines is 1. The lowest BCUT2D eigenvalue weighted by Gasteiger charge is -2.21. The highest BCUT2D eigenvalue weighted by molar-refractivity contribution is 5.81. The highest BCUT2D eigenvalue weighted by atomic mass is 16.5. The van der Waals surface area contributed by atoms with Gasteiger partial charge in [-0.1, -0.05) is 13.8 Å². The number of carbonyl (C=O) groups is 1. The maximum absolute atomic E-state index is 12.0. The molecule has 20 heavy (non-hydrogen) atoms. The zero-order valence-electron chi connectivity index (χ0n) is 12.5. The van der Waals surface area contributed by atoms with Crippen LogP contribution in [0.2, 0.25) is 0 Å². The molecule has 110 valence electrons. The number of nitrogen functional groups attached to an aromatic ring is 1. The average Bonchev–Trinajstić information content (AvgIpc) is 2.59. The van der Waals surface area contributed by atoms with E-state index in [0.717, 1.165) is 48.4 Å². The van der Waals surface area contributed by atoms with E-state index in [0.29, 0.717) is 5.92 Å². The number of nitrogens with one attached hydrogen (secondary N) is 1. The number of aryl methyl sites for hydroxylation is 1. The molecule has 1 atom stereocenters. The normalized spacial score (nSPS) is 19.6. The Labute approximate surface area is 120 Å². The van der Waals surface area contributed by atoms with Crippen LogP contribution in [0.5, 0.6) is 5.75 Å². The zero-order valence-corrected chi connectivity index (χ0v) is 12.5. The Morgan fingerprint density at radius 1 is 1.35 bits per heavy atom. The highest BCUT2D eigenvalue weighted by Crippen LogP contribution is 2.32. The summed E-state index contributed by atoms with van der Waals surface area (Å²) in [5, 5.41) is 2.90. The van der Waals surface area contributed by atoms with E-state index >= 15 is 0 Å². The number of rotatable bonds is 3. The van der Waals surface area contributed by atoms with Gasteiger partial charge >= 0.3 is 0 Å². The van der Waals surface area contributed by atoms with Crippen LogP contribution in [0.15, 0.2) is 12.1 Å². The fourth-order valence-electron chi connectivity index (χ4n) is 2.45. The third-order valence-electron chi connectivity index (χ3n) is 3.77. The molecular formula is C16H24N2O2. The smallest absolute Gasteiger partial charge is 0.261 e. The molecule has 4 heteroatoms. The molecule has 1 heterocycles. The number of amides is 1. The van der Waals surface area contributed by atoms with Crippen LogP contribution in [0.3, 0.4) is 0 Å². The number of hydrogen-bond donors (Lipinski definition) is 2. The summed E-state index contributed by atoms with van der Waals surface area (Å²) in [6, 6.07) is 3.91. The molecule has 1 aromatic rings. The standard InChI is InChI=1S/C16H24N2O2/c1-10(2)12-9-13(17)11(3)8-15(12)20-14-6-4-5-7-18-16(14)19/h8-10,14H,4-7,17H2,1-3H3,(H,18,19). The third kappa shape index (κ3) is 3.24. The number of nitrogens with two attached hydrogens (primary N) is 1. The molecule has 1 aliphatic heterocycles. The summed E-state index contributed by atoms with van der Waals surface area (Å²) in [4.78, 5) is 12.0. The van der Waals surface area contributed by atoms with Crippen LogP contribution >= 0.6 is 0 Å². The van der Waals surface area contributed by atoms with Gasteiger partial charge in [-0.2, -0.15) is 0 Å². The van der Waals surface area contributed by atoms with E-state index in [4.69, 9.17) is 10.5 Å². The van der Waals surface area contributed by atoms with Crippen LogP contribution in [0.1, 0.15) is 50.2 Å². The minimum atomic E-state index is -0.391. The second-order valence-corrected chi connectivity index (χ2v) is 5.79. The van der Waals surface area contributed by atoms with Crippen LogP contribution in [0, 0.1) is 6.92 Å². The van der Waals surface area contributed by atoms with Crippen molar-refractivity contribution >= 4 is 11.6 Å². The molecule has 0 radical (unpaired) electrons. The second kappa shape index (κ2) is 6.16. The van der Waals surface area contributed by atoms with Crippen LogP contribution < -0.4 is 15.8 Å². The highest BCUT2D eigenvalue weighted by Gasteiger charge is 2.24. The average molecular weight is 276 g/mol. The molecule has 1 aromatic carbocycles. The molecule has 0 aromatic heterocycles. The Bertz CT molecular complexity index is 497. The SMILES string of the molecule is Cc1cc(OC2CCCCNC2=O)c(C(C)C)cc1N. The maximum Gasteiger partial charge on any atom is 0.261 e. The van der Waals surface area contributed by atoms with Gasteiger partial charge in [-0.3, -0.25) is 4.79 Å². The number of benzene rings is 1. The van der Waals surface area contributed by atoms with Crippen molar-refractivity contribution in [2.24, 2.45) is 0 Å². The predicted octanol–water partition coefficient (Wildman–Crippen LogP) is 2.75. The van der Waals surface area contributed by atoms with Crippen LogP contribution in [-0.2, 0) is 4.79 Å². The van der Waals surface area contributed by atoms with Gasteiger partial charge in [0, 0.05) is 12.2 Å². The number of ether oxygens (including phenoxy) is 1. The van der Waals surface area contributed by atoms with E-state index in [1.54, 1.807) is 0 Å². The molecule has 0 bridgehead atoms. The molecule has 1 amide bonds. The van der Waals surface area contributed by atoms with Gasteiger partial charge in [-0.05, 0) is 55.4 Å². The van der Waals surface area contributed by atoms with Gasteiger partial charge in [0.1, 0.15) is 5.75 Å². The van der Waals surface area contributed by atoms with Crippen molar-refractivity contribution in [3.63, 3.8) is 0 Å².